The number of hydrogen-bond acceptors (Lipinski definition) is 5. The van der Waals surface area contributed by atoms with Crippen molar-refractivity contribution in [3.63, 3.8) is 0 Å². The smallest absolute Gasteiger partial charge is 0.356 e. The highest BCUT2D eigenvalue weighted by Crippen LogP contribution is 2.14. The minimum Gasteiger partial charge on any atom is -0.462 e. The van der Waals surface area contributed by atoms with Crippen molar-refractivity contribution in [1.29, 1.82) is 0 Å². The van der Waals surface area contributed by atoms with Crippen LogP contribution in [-0.2, 0) is 34.7 Å². The summed E-state index contributed by atoms with van der Waals surface area (Å²) in [5, 5.41) is 0. The van der Waals surface area contributed by atoms with E-state index in [1.807, 2.05) is 0 Å². The summed E-state index contributed by atoms with van der Waals surface area (Å²) in [6, 6.07) is 0. The maximum atomic E-state index is 11.6. The van der Waals surface area contributed by atoms with Gasteiger partial charge in [-0.1, -0.05) is 0 Å². The second-order valence-electron chi connectivity index (χ2n) is 5.38. The molecule has 0 radical (unpaired) electrons. The van der Waals surface area contributed by atoms with Crippen LogP contribution in [0, 0.1) is 5.41 Å². The lowest BCUT2D eigenvalue weighted by Crippen LogP contribution is -2.32. The molecule has 6 heteroatoms. The van der Waals surface area contributed by atoms with Crippen LogP contribution in [0.5, 0.6) is 0 Å². The maximum absolute atomic E-state index is 11.6. The summed E-state index contributed by atoms with van der Waals surface area (Å²) in [5.74, 6) is 1.84. The third kappa shape index (κ3) is 6.82. The molecule has 0 atom stereocenters. The summed E-state index contributed by atoms with van der Waals surface area (Å²) in [7, 11) is 0.0897. The van der Waals surface area contributed by atoms with E-state index < -0.39 is 5.41 Å². The van der Waals surface area contributed by atoms with Crippen molar-refractivity contribution in [2.24, 2.45) is 5.41 Å². The summed E-state index contributed by atoms with van der Waals surface area (Å²) in [6.07, 6.45) is 0. The molecule has 19 heavy (non-hydrogen) atoms. The average Bonchev–Trinajstić information content (AvgIpc) is 2.34. The summed E-state index contributed by atoms with van der Waals surface area (Å²) in [6.45, 7) is 7.08. The average molecular weight is 291 g/mol. The van der Waals surface area contributed by atoms with Crippen molar-refractivity contribution < 1.29 is 23.8 Å². The largest absolute Gasteiger partial charge is 0.462 e. The van der Waals surface area contributed by atoms with Crippen LogP contribution in [0.1, 0.15) is 20.8 Å². The van der Waals surface area contributed by atoms with Gasteiger partial charge >= 0.3 is 11.9 Å². The molecule has 1 rings (SSSR count). The fourth-order valence-corrected chi connectivity index (χ4v) is 3.03. The second-order valence-corrected chi connectivity index (χ2v) is 7.71. The Kier molecular flexibility index (Phi) is 6.65. The van der Waals surface area contributed by atoms with Crippen LogP contribution in [-0.4, -0.2) is 55.6 Å². The van der Waals surface area contributed by atoms with E-state index in [9.17, 15) is 9.59 Å². The normalized spacial score (nSPS) is 17.0. The van der Waals surface area contributed by atoms with Gasteiger partial charge in [0.05, 0.1) is 18.6 Å². The van der Waals surface area contributed by atoms with Crippen LogP contribution in [0.3, 0.4) is 0 Å². The van der Waals surface area contributed by atoms with E-state index in [-0.39, 0.29) is 36.0 Å². The molecule has 0 aliphatic carbocycles. The van der Waals surface area contributed by atoms with Gasteiger partial charge in [0, 0.05) is 10.9 Å². The number of carbonyl (C=O) groups excluding carboxylic acids is 2. The minimum absolute atomic E-state index is 0.0897. The SMILES string of the molecule is CC(C)(C)C(=O)OCCOC(=O)C[S+]1CCOCC1. The standard InChI is InChI=1S/C13H23O5S/c1-13(2,3)12(15)18-5-4-17-11(14)10-19-8-6-16-7-9-19/h4-10H2,1-3H3/q+1. The predicted molar refractivity (Wildman–Crippen MR) is 74.2 cm³/mol. The molecule has 0 spiro atoms. The summed E-state index contributed by atoms with van der Waals surface area (Å²) < 4.78 is 15.3. The third-order valence-corrected chi connectivity index (χ3v) is 4.68. The lowest BCUT2D eigenvalue weighted by molar-refractivity contribution is -0.157. The van der Waals surface area contributed by atoms with Crippen LogP contribution < -0.4 is 0 Å². The number of carbonyl (C=O) groups is 2. The zero-order chi connectivity index (χ0) is 14.3. The molecule has 0 aromatic heterocycles. The van der Waals surface area contributed by atoms with Crippen molar-refractivity contribution in [2.75, 3.05) is 43.7 Å². The first-order valence-corrected chi connectivity index (χ1v) is 8.17. The highest BCUT2D eigenvalue weighted by molar-refractivity contribution is 7.97. The lowest BCUT2D eigenvalue weighted by Gasteiger charge is -2.16. The molecule has 1 fully saturated rings. The maximum Gasteiger partial charge on any atom is 0.356 e. The summed E-state index contributed by atoms with van der Waals surface area (Å²) >= 11 is 0. The molecule has 1 aliphatic rings. The molecule has 0 aromatic rings. The van der Waals surface area contributed by atoms with Gasteiger partial charge in [-0.15, -0.1) is 0 Å². The van der Waals surface area contributed by atoms with Gasteiger partial charge in [-0.25, -0.2) is 4.79 Å². The third-order valence-electron chi connectivity index (χ3n) is 2.55. The first-order valence-electron chi connectivity index (χ1n) is 6.44. The van der Waals surface area contributed by atoms with Gasteiger partial charge < -0.3 is 14.2 Å². The molecule has 0 unspecified atom stereocenters. The van der Waals surface area contributed by atoms with Crippen LogP contribution in [0.25, 0.3) is 0 Å². The molecule has 0 amide bonds. The lowest BCUT2D eigenvalue weighted by atomic mass is 9.97. The summed E-state index contributed by atoms with van der Waals surface area (Å²) in [5.41, 5.74) is -0.520. The van der Waals surface area contributed by atoms with E-state index in [2.05, 4.69) is 0 Å². The molecule has 0 bridgehead atoms. The molecule has 110 valence electrons. The Balaban J connectivity index is 2.08. The zero-order valence-electron chi connectivity index (χ0n) is 11.9. The molecular formula is C13H23O5S+. The number of hydrogen-bond donors (Lipinski definition) is 0. The van der Waals surface area contributed by atoms with E-state index in [0.29, 0.717) is 5.75 Å². The van der Waals surface area contributed by atoms with E-state index >= 15 is 0 Å². The van der Waals surface area contributed by atoms with Gasteiger partial charge in [0.2, 0.25) is 5.75 Å². The van der Waals surface area contributed by atoms with Crippen LogP contribution in [0.15, 0.2) is 0 Å². The van der Waals surface area contributed by atoms with E-state index in [0.717, 1.165) is 24.7 Å². The van der Waals surface area contributed by atoms with Gasteiger partial charge in [0.25, 0.3) is 0 Å². The zero-order valence-corrected chi connectivity index (χ0v) is 12.7. The van der Waals surface area contributed by atoms with Crippen molar-refractivity contribution in [3.8, 4) is 0 Å². The van der Waals surface area contributed by atoms with Crippen molar-refractivity contribution in [3.05, 3.63) is 0 Å². The molecule has 5 nitrogen and oxygen atoms in total. The van der Waals surface area contributed by atoms with Crippen LogP contribution in [0.2, 0.25) is 0 Å². The van der Waals surface area contributed by atoms with Crippen molar-refractivity contribution >= 4 is 22.8 Å². The molecule has 0 N–H and O–H groups in total. The first-order chi connectivity index (χ1) is 8.89. The topological polar surface area (TPSA) is 61.8 Å². The molecule has 1 heterocycles. The Labute approximate surface area is 117 Å². The number of ether oxygens (including phenoxy) is 3. The Morgan fingerprint density at radius 3 is 2.26 bits per heavy atom. The van der Waals surface area contributed by atoms with Gasteiger partial charge in [0.1, 0.15) is 24.7 Å². The molecule has 0 aromatic carbocycles. The quantitative estimate of drug-likeness (QED) is 0.425. The number of rotatable bonds is 5. The highest BCUT2D eigenvalue weighted by Gasteiger charge is 2.26. The monoisotopic (exact) mass is 291 g/mol. The van der Waals surface area contributed by atoms with Gasteiger partial charge in [0.15, 0.2) is 0 Å². The van der Waals surface area contributed by atoms with Crippen LogP contribution in [0.4, 0.5) is 0 Å². The van der Waals surface area contributed by atoms with Gasteiger partial charge in [-0.2, -0.15) is 0 Å². The van der Waals surface area contributed by atoms with Crippen molar-refractivity contribution in [1.82, 2.24) is 0 Å². The highest BCUT2D eigenvalue weighted by atomic mass is 32.2. The Hall–Kier alpha value is -0.750. The molecule has 1 aliphatic heterocycles. The fourth-order valence-electron chi connectivity index (χ4n) is 1.42. The Morgan fingerprint density at radius 1 is 1.11 bits per heavy atom. The number of esters is 2. The van der Waals surface area contributed by atoms with Gasteiger partial charge in [-0.3, -0.25) is 4.79 Å². The summed E-state index contributed by atoms with van der Waals surface area (Å²) in [4.78, 5) is 23.0. The van der Waals surface area contributed by atoms with Gasteiger partial charge in [-0.05, 0) is 20.8 Å². The molecule has 1 saturated heterocycles. The second kappa shape index (κ2) is 7.75. The molecular weight excluding hydrogens is 268 g/mol. The predicted octanol–water partition coefficient (Wildman–Crippen LogP) is 0.767. The Bertz CT molecular complexity index is 305. The van der Waals surface area contributed by atoms with E-state index in [4.69, 9.17) is 14.2 Å². The fraction of sp³-hybridized carbons (Fsp3) is 0.846. The van der Waals surface area contributed by atoms with E-state index in [1.54, 1.807) is 20.8 Å². The van der Waals surface area contributed by atoms with E-state index in [1.165, 1.54) is 0 Å². The van der Waals surface area contributed by atoms with Crippen molar-refractivity contribution in [2.45, 2.75) is 20.8 Å². The molecule has 0 saturated carbocycles. The van der Waals surface area contributed by atoms with Crippen LogP contribution >= 0.6 is 0 Å². The first kappa shape index (κ1) is 16.3. The minimum atomic E-state index is -0.520. The Morgan fingerprint density at radius 2 is 1.68 bits per heavy atom.